The second kappa shape index (κ2) is 8.10. The molecule has 6 nitrogen and oxygen atoms in total. The molecule has 3 amide bonds. The van der Waals surface area contributed by atoms with Gasteiger partial charge >= 0.3 is 6.03 Å². The maximum absolute atomic E-state index is 12.2. The lowest BCUT2D eigenvalue weighted by Crippen LogP contribution is -2.47. The van der Waals surface area contributed by atoms with E-state index in [1.54, 1.807) is 19.1 Å². The molecule has 1 saturated carbocycles. The van der Waals surface area contributed by atoms with Crippen molar-refractivity contribution in [2.24, 2.45) is 0 Å². The Labute approximate surface area is 155 Å². The van der Waals surface area contributed by atoms with E-state index in [0.717, 1.165) is 36.7 Å². The van der Waals surface area contributed by atoms with E-state index in [0.29, 0.717) is 10.2 Å². The number of thioether (sulfide) groups is 1. The Kier molecular flexibility index (Phi) is 5.86. The molecular formula is C17H21ClN4O2S. The van der Waals surface area contributed by atoms with Crippen LogP contribution in [0.25, 0.3) is 11.0 Å². The molecule has 1 aromatic heterocycles. The first-order valence-corrected chi connectivity index (χ1v) is 9.70. The zero-order valence-electron chi connectivity index (χ0n) is 14.0. The maximum Gasteiger partial charge on any atom is 0.321 e. The summed E-state index contributed by atoms with van der Waals surface area (Å²) < 4.78 is 0. The lowest BCUT2D eigenvalue weighted by molar-refractivity contribution is -0.119. The molecule has 3 N–H and O–H groups in total. The molecule has 0 aliphatic heterocycles. The molecule has 134 valence electrons. The standard InChI is InChI=1S/C17H21ClN4O2S/c1-10(15(23)22-16(24)19-12-5-3-2-4-6-12)25-17-20-13-8-7-11(18)9-14(13)21-17/h7-10,12H,2-6H2,1H3,(H,20,21)(H2,19,22,23,24)/t10-/m0/s1. The summed E-state index contributed by atoms with van der Waals surface area (Å²) in [6.07, 6.45) is 5.43. The molecule has 3 rings (SSSR count). The minimum atomic E-state index is -0.451. The van der Waals surface area contributed by atoms with Gasteiger partial charge in [0, 0.05) is 11.1 Å². The van der Waals surface area contributed by atoms with Crippen molar-refractivity contribution in [2.45, 2.75) is 55.5 Å². The predicted molar refractivity (Wildman–Crippen MR) is 100.0 cm³/mol. The van der Waals surface area contributed by atoms with Gasteiger partial charge in [-0.25, -0.2) is 9.78 Å². The average molecular weight is 381 g/mol. The monoisotopic (exact) mass is 380 g/mol. The number of imidazole rings is 1. The first-order chi connectivity index (χ1) is 12.0. The smallest absolute Gasteiger partial charge is 0.321 e. The van der Waals surface area contributed by atoms with Crippen LogP contribution in [0.2, 0.25) is 5.02 Å². The number of carbonyl (C=O) groups is 2. The lowest BCUT2D eigenvalue weighted by Gasteiger charge is -2.22. The van der Waals surface area contributed by atoms with Crippen LogP contribution in [0.4, 0.5) is 4.79 Å². The third kappa shape index (κ3) is 4.89. The van der Waals surface area contributed by atoms with Crippen molar-refractivity contribution >= 4 is 46.3 Å². The zero-order chi connectivity index (χ0) is 17.8. The van der Waals surface area contributed by atoms with Gasteiger partial charge in [0.15, 0.2) is 5.16 Å². The number of benzene rings is 1. The summed E-state index contributed by atoms with van der Waals surface area (Å²) in [5.41, 5.74) is 1.60. The highest BCUT2D eigenvalue weighted by molar-refractivity contribution is 8.00. The van der Waals surface area contributed by atoms with Crippen LogP contribution in [0.1, 0.15) is 39.0 Å². The summed E-state index contributed by atoms with van der Waals surface area (Å²) in [7, 11) is 0. The van der Waals surface area contributed by atoms with Crippen molar-refractivity contribution in [1.82, 2.24) is 20.6 Å². The fourth-order valence-electron chi connectivity index (χ4n) is 2.92. The molecule has 1 fully saturated rings. The number of aromatic nitrogens is 2. The molecule has 1 aromatic carbocycles. The molecule has 0 unspecified atom stereocenters. The maximum atomic E-state index is 12.2. The molecule has 1 aliphatic rings. The Bertz CT molecular complexity index is 773. The van der Waals surface area contributed by atoms with Crippen LogP contribution in [0, 0.1) is 0 Å². The Morgan fingerprint density at radius 3 is 2.84 bits per heavy atom. The number of nitrogens with zero attached hydrogens (tertiary/aromatic N) is 1. The lowest BCUT2D eigenvalue weighted by atomic mass is 9.96. The number of hydrogen-bond donors (Lipinski definition) is 3. The molecule has 8 heteroatoms. The number of fused-ring (bicyclic) bond motifs is 1. The van der Waals surface area contributed by atoms with Crippen LogP contribution in [-0.4, -0.2) is 33.2 Å². The fraction of sp³-hybridized carbons (Fsp3) is 0.471. The van der Waals surface area contributed by atoms with Crippen molar-refractivity contribution in [1.29, 1.82) is 0 Å². The normalized spacial score (nSPS) is 16.6. The first-order valence-electron chi connectivity index (χ1n) is 8.44. The number of H-pyrrole nitrogens is 1. The van der Waals surface area contributed by atoms with Gasteiger partial charge in [-0.1, -0.05) is 42.6 Å². The summed E-state index contributed by atoms with van der Waals surface area (Å²) in [5.74, 6) is -0.336. The first kappa shape index (κ1) is 18.1. The number of hydrogen-bond acceptors (Lipinski definition) is 4. The molecular weight excluding hydrogens is 360 g/mol. The summed E-state index contributed by atoms with van der Waals surface area (Å²) in [6, 6.07) is 5.13. The number of rotatable bonds is 4. The van der Waals surface area contributed by atoms with E-state index >= 15 is 0 Å². The highest BCUT2D eigenvalue weighted by Crippen LogP contribution is 2.25. The third-order valence-corrected chi connectivity index (χ3v) is 5.48. The second-order valence-corrected chi connectivity index (χ2v) is 8.03. The van der Waals surface area contributed by atoms with Crippen molar-refractivity contribution in [3.05, 3.63) is 23.2 Å². The second-order valence-electron chi connectivity index (χ2n) is 6.26. The van der Waals surface area contributed by atoms with Crippen LogP contribution in [0.15, 0.2) is 23.4 Å². The number of carbonyl (C=O) groups excluding carboxylic acids is 2. The van der Waals surface area contributed by atoms with Gasteiger partial charge in [0.2, 0.25) is 5.91 Å². The van der Waals surface area contributed by atoms with E-state index < -0.39 is 11.3 Å². The van der Waals surface area contributed by atoms with E-state index in [1.165, 1.54) is 18.2 Å². The van der Waals surface area contributed by atoms with E-state index in [4.69, 9.17) is 11.6 Å². The van der Waals surface area contributed by atoms with E-state index in [2.05, 4.69) is 20.6 Å². The Morgan fingerprint density at radius 1 is 1.32 bits per heavy atom. The third-order valence-electron chi connectivity index (χ3n) is 4.26. The quantitative estimate of drug-likeness (QED) is 0.703. The van der Waals surface area contributed by atoms with Crippen LogP contribution in [0.3, 0.4) is 0 Å². The van der Waals surface area contributed by atoms with Gasteiger partial charge in [-0.05, 0) is 38.0 Å². The SMILES string of the molecule is C[C@H](Sc1nc2ccc(Cl)cc2[nH]1)C(=O)NC(=O)NC1CCCCC1. The van der Waals surface area contributed by atoms with E-state index in [-0.39, 0.29) is 11.9 Å². The molecule has 0 radical (unpaired) electrons. The van der Waals surface area contributed by atoms with Gasteiger partial charge in [0.25, 0.3) is 0 Å². The van der Waals surface area contributed by atoms with Crippen LogP contribution in [0.5, 0.6) is 0 Å². The minimum Gasteiger partial charge on any atom is -0.335 e. The number of amides is 3. The molecule has 2 aromatic rings. The minimum absolute atomic E-state index is 0.171. The molecule has 0 spiro atoms. The summed E-state index contributed by atoms with van der Waals surface area (Å²) in [4.78, 5) is 31.7. The summed E-state index contributed by atoms with van der Waals surface area (Å²) in [5, 5.41) is 6.09. The topological polar surface area (TPSA) is 86.9 Å². The van der Waals surface area contributed by atoms with Gasteiger partial charge in [-0.3, -0.25) is 10.1 Å². The number of halogens is 1. The molecule has 1 atom stereocenters. The predicted octanol–water partition coefficient (Wildman–Crippen LogP) is 3.86. The Balaban J connectivity index is 1.53. The highest BCUT2D eigenvalue weighted by atomic mass is 35.5. The summed E-state index contributed by atoms with van der Waals surface area (Å²) in [6.45, 7) is 1.74. The number of aromatic amines is 1. The van der Waals surface area contributed by atoms with Crippen LogP contribution >= 0.6 is 23.4 Å². The number of nitrogens with one attached hydrogen (secondary N) is 3. The number of urea groups is 1. The van der Waals surface area contributed by atoms with Gasteiger partial charge in [0.1, 0.15) is 0 Å². The fourth-order valence-corrected chi connectivity index (χ4v) is 3.91. The number of imide groups is 1. The molecule has 0 saturated heterocycles. The van der Waals surface area contributed by atoms with Gasteiger partial charge in [-0.2, -0.15) is 0 Å². The highest BCUT2D eigenvalue weighted by Gasteiger charge is 2.21. The zero-order valence-corrected chi connectivity index (χ0v) is 15.5. The van der Waals surface area contributed by atoms with Crippen molar-refractivity contribution in [3.63, 3.8) is 0 Å². The van der Waals surface area contributed by atoms with Crippen molar-refractivity contribution in [2.75, 3.05) is 0 Å². The largest absolute Gasteiger partial charge is 0.335 e. The van der Waals surface area contributed by atoms with Gasteiger partial charge in [0.05, 0.1) is 16.3 Å². The Morgan fingerprint density at radius 2 is 2.08 bits per heavy atom. The molecule has 1 heterocycles. The van der Waals surface area contributed by atoms with Crippen LogP contribution in [-0.2, 0) is 4.79 Å². The van der Waals surface area contributed by atoms with Crippen LogP contribution < -0.4 is 10.6 Å². The van der Waals surface area contributed by atoms with Gasteiger partial charge < -0.3 is 10.3 Å². The van der Waals surface area contributed by atoms with Gasteiger partial charge in [-0.15, -0.1) is 0 Å². The molecule has 25 heavy (non-hydrogen) atoms. The van der Waals surface area contributed by atoms with Crippen molar-refractivity contribution in [3.8, 4) is 0 Å². The average Bonchev–Trinajstić information content (AvgIpc) is 2.96. The Hall–Kier alpha value is -1.73. The van der Waals surface area contributed by atoms with Crippen molar-refractivity contribution < 1.29 is 9.59 Å². The van der Waals surface area contributed by atoms with E-state index in [9.17, 15) is 9.59 Å². The summed E-state index contributed by atoms with van der Waals surface area (Å²) >= 11 is 7.23. The molecule has 0 bridgehead atoms. The van der Waals surface area contributed by atoms with E-state index in [1.807, 2.05) is 6.07 Å². The molecule has 1 aliphatic carbocycles.